The highest BCUT2D eigenvalue weighted by Gasteiger charge is 2.13. The van der Waals surface area contributed by atoms with Crippen LogP contribution in [-0.4, -0.2) is 12.6 Å². The minimum absolute atomic E-state index is 0.206. The summed E-state index contributed by atoms with van der Waals surface area (Å²) in [6.45, 7) is 15.8. The van der Waals surface area contributed by atoms with Crippen LogP contribution >= 0.6 is 0 Å². The van der Waals surface area contributed by atoms with E-state index < -0.39 is 0 Å². The Morgan fingerprint density at radius 2 is 0.384 bits per heavy atom. The molecule has 0 rings (SSSR count). The topological polar surface area (TPSA) is 26.3 Å². The second-order valence-corrected chi connectivity index (χ2v) is 29.8. The van der Waals surface area contributed by atoms with Gasteiger partial charge in [-0.05, 0) is 37.5 Å². The van der Waals surface area contributed by atoms with Crippen LogP contribution in [0.25, 0.3) is 0 Å². The van der Waals surface area contributed by atoms with Crippen LogP contribution in [0.1, 0.15) is 497 Å². The van der Waals surface area contributed by atoms with Gasteiger partial charge in [-0.1, -0.05) is 484 Å². The van der Waals surface area contributed by atoms with Crippen LogP contribution in [0, 0.1) is 17.8 Å². The standard InChI is InChI=1S/C84H166O2/c1-7-9-11-13-15-17-19-21-23-25-27-29-31-33-35-37-39-41-43-45-49-55-61-67-73-81(5)75-69-63-57-51-47-48-52-59-65-71-77-83(79-86-84(85)80(3)4)78-72-66-60-54-53-58-64-70-76-82(6)74-68-62-56-50-46-44-42-40-38-36-34-32-30-28-26-24-22-20-18-16-14-12-10-8-2/h81-83H,3,7-79H2,1-2,4-6H3. The highest BCUT2D eigenvalue weighted by Crippen LogP contribution is 2.25. The molecule has 0 spiro atoms. The molecule has 0 N–H and O–H groups in total. The smallest absolute Gasteiger partial charge is 0.333 e. The second-order valence-electron chi connectivity index (χ2n) is 29.8. The van der Waals surface area contributed by atoms with Gasteiger partial charge in [-0.2, -0.15) is 0 Å². The first-order valence-corrected chi connectivity index (χ1v) is 41.2. The van der Waals surface area contributed by atoms with Gasteiger partial charge < -0.3 is 4.74 Å². The summed E-state index contributed by atoms with van der Waals surface area (Å²) in [6, 6.07) is 0. The van der Waals surface area contributed by atoms with E-state index in [1.165, 1.54) is 462 Å². The number of ether oxygens (including phenoxy) is 1. The van der Waals surface area contributed by atoms with E-state index >= 15 is 0 Å². The molecule has 0 fully saturated rings. The monoisotopic (exact) mass is 1210 g/mol. The van der Waals surface area contributed by atoms with Gasteiger partial charge in [0.15, 0.2) is 0 Å². The van der Waals surface area contributed by atoms with Crippen LogP contribution in [0.2, 0.25) is 0 Å². The molecule has 0 aromatic heterocycles. The lowest BCUT2D eigenvalue weighted by atomic mass is 9.94. The molecule has 0 saturated carbocycles. The number of hydrogen-bond donors (Lipinski definition) is 0. The molecule has 0 aromatic rings. The van der Waals surface area contributed by atoms with Crippen molar-refractivity contribution in [3.8, 4) is 0 Å². The summed E-state index contributed by atoms with van der Waals surface area (Å²) in [5.74, 6) is 2.15. The molecule has 0 aliphatic rings. The van der Waals surface area contributed by atoms with Gasteiger partial charge in [-0.25, -0.2) is 4.79 Å². The van der Waals surface area contributed by atoms with Gasteiger partial charge in [0.1, 0.15) is 0 Å². The first-order chi connectivity index (χ1) is 42.4. The predicted molar refractivity (Wildman–Crippen MR) is 391 cm³/mol. The molecular weight excluding hydrogens is 1040 g/mol. The Balaban J connectivity index is 3.59. The van der Waals surface area contributed by atoms with E-state index in [0.717, 1.165) is 11.8 Å². The van der Waals surface area contributed by atoms with Crippen molar-refractivity contribution in [1.29, 1.82) is 0 Å². The Hall–Kier alpha value is -0.790. The summed E-state index contributed by atoms with van der Waals surface area (Å²) >= 11 is 0. The van der Waals surface area contributed by atoms with Gasteiger partial charge in [-0.15, -0.1) is 0 Å². The van der Waals surface area contributed by atoms with Crippen LogP contribution in [0.3, 0.4) is 0 Å². The minimum Gasteiger partial charge on any atom is -0.462 e. The SMILES string of the molecule is C=C(C)C(=O)OCC(CCCCCCCCCCCCC(C)CCCCCCCCCCCCCCCCCCCCCCCCCC)CCCCCCCCCCC(C)CCCCCCCCCCCCCCCCCCCCCCCCCC. The Labute approximate surface area is 546 Å². The van der Waals surface area contributed by atoms with Crippen molar-refractivity contribution >= 4 is 5.97 Å². The average Bonchev–Trinajstić information content (AvgIpc) is 3.51. The zero-order chi connectivity index (χ0) is 62.2. The highest BCUT2D eigenvalue weighted by atomic mass is 16.5. The van der Waals surface area contributed by atoms with E-state index in [4.69, 9.17) is 4.74 Å². The molecular formula is C84H166O2. The number of carbonyl (C=O) groups is 1. The Bertz CT molecular complexity index is 1250. The quantitative estimate of drug-likeness (QED) is 0.0345. The normalized spacial score (nSPS) is 12.8. The first kappa shape index (κ1) is 85.2. The van der Waals surface area contributed by atoms with E-state index in [0.29, 0.717) is 18.1 Å². The minimum atomic E-state index is -0.206. The van der Waals surface area contributed by atoms with E-state index in [2.05, 4.69) is 34.3 Å². The molecule has 3 atom stereocenters. The van der Waals surface area contributed by atoms with Crippen molar-refractivity contribution < 1.29 is 9.53 Å². The third kappa shape index (κ3) is 72.3. The zero-order valence-corrected chi connectivity index (χ0v) is 60.9. The molecule has 2 nitrogen and oxygen atoms in total. The van der Waals surface area contributed by atoms with E-state index in [1.807, 2.05) is 0 Å². The van der Waals surface area contributed by atoms with Gasteiger partial charge in [0.05, 0.1) is 6.61 Å². The number of carbonyl (C=O) groups excluding carboxylic acids is 1. The van der Waals surface area contributed by atoms with Crippen molar-refractivity contribution in [3.05, 3.63) is 12.2 Å². The number of unbranched alkanes of at least 4 members (excludes halogenated alkanes) is 62. The summed E-state index contributed by atoms with van der Waals surface area (Å²) in [7, 11) is 0. The fraction of sp³-hybridized carbons (Fsp3) is 0.964. The molecule has 514 valence electrons. The number of rotatable bonds is 77. The highest BCUT2D eigenvalue weighted by molar-refractivity contribution is 5.86. The summed E-state index contributed by atoms with van der Waals surface area (Å²) in [5, 5.41) is 0. The molecule has 0 amide bonds. The van der Waals surface area contributed by atoms with Crippen LogP contribution in [0.5, 0.6) is 0 Å². The lowest BCUT2D eigenvalue weighted by molar-refractivity contribution is -0.140. The third-order valence-corrected chi connectivity index (χ3v) is 20.5. The van der Waals surface area contributed by atoms with Crippen molar-refractivity contribution in [3.63, 3.8) is 0 Å². The van der Waals surface area contributed by atoms with Gasteiger partial charge >= 0.3 is 5.97 Å². The zero-order valence-electron chi connectivity index (χ0n) is 60.9. The van der Waals surface area contributed by atoms with Gasteiger partial charge in [0.2, 0.25) is 0 Å². The first-order valence-electron chi connectivity index (χ1n) is 41.2. The Kier molecular flexibility index (Phi) is 74.2. The molecule has 0 saturated heterocycles. The summed E-state index contributed by atoms with van der Waals surface area (Å²) in [4.78, 5) is 12.2. The molecule has 0 radical (unpaired) electrons. The summed E-state index contributed by atoms with van der Waals surface area (Å²) < 4.78 is 5.69. The van der Waals surface area contributed by atoms with Crippen LogP contribution in [0.4, 0.5) is 0 Å². The molecule has 2 heteroatoms. The maximum Gasteiger partial charge on any atom is 0.333 e. The molecule has 0 aliphatic carbocycles. The van der Waals surface area contributed by atoms with Crippen molar-refractivity contribution in [2.45, 2.75) is 497 Å². The molecule has 0 aromatic carbocycles. The molecule has 3 unspecified atom stereocenters. The lowest BCUT2D eigenvalue weighted by Gasteiger charge is -2.17. The fourth-order valence-electron chi connectivity index (χ4n) is 14.2. The van der Waals surface area contributed by atoms with Crippen molar-refractivity contribution in [1.82, 2.24) is 0 Å². The number of hydrogen-bond acceptors (Lipinski definition) is 2. The van der Waals surface area contributed by atoms with E-state index in [1.54, 1.807) is 6.92 Å². The molecule has 0 bridgehead atoms. The fourth-order valence-corrected chi connectivity index (χ4v) is 14.2. The maximum atomic E-state index is 12.2. The summed E-state index contributed by atoms with van der Waals surface area (Å²) in [6.07, 6.45) is 104. The van der Waals surface area contributed by atoms with Crippen molar-refractivity contribution in [2.24, 2.45) is 17.8 Å². The van der Waals surface area contributed by atoms with Gasteiger partial charge in [-0.3, -0.25) is 0 Å². The van der Waals surface area contributed by atoms with Crippen LogP contribution < -0.4 is 0 Å². The number of esters is 1. The maximum absolute atomic E-state index is 12.2. The Morgan fingerprint density at radius 1 is 0.244 bits per heavy atom. The average molecular weight is 1210 g/mol. The second kappa shape index (κ2) is 74.9. The van der Waals surface area contributed by atoms with Gasteiger partial charge in [0, 0.05) is 5.57 Å². The van der Waals surface area contributed by atoms with Crippen molar-refractivity contribution in [2.75, 3.05) is 6.61 Å². The lowest BCUT2D eigenvalue weighted by Crippen LogP contribution is -2.15. The van der Waals surface area contributed by atoms with Crippen LogP contribution in [0.15, 0.2) is 12.2 Å². The molecule has 0 aliphatic heterocycles. The van der Waals surface area contributed by atoms with Gasteiger partial charge in [0.25, 0.3) is 0 Å². The van der Waals surface area contributed by atoms with E-state index in [9.17, 15) is 4.79 Å². The summed E-state index contributed by atoms with van der Waals surface area (Å²) in [5.41, 5.74) is 0.529. The Morgan fingerprint density at radius 3 is 0.535 bits per heavy atom. The molecule has 86 heavy (non-hydrogen) atoms. The molecule has 0 heterocycles. The largest absolute Gasteiger partial charge is 0.462 e. The van der Waals surface area contributed by atoms with E-state index in [-0.39, 0.29) is 5.97 Å². The van der Waals surface area contributed by atoms with Crippen LogP contribution in [-0.2, 0) is 9.53 Å². The third-order valence-electron chi connectivity index (χ3n) is 20.5. The predicted octanol–water partition coefficient (Wildman–Crippen LogP) is 31.1.